The molecule has 0 saturated carbocycles. The molecule has 2 amide bonds. The number of fused-ring (bicyclic) bond motifs is 4. The number of amidine groups is 1. The normalized spacial score (nSPS) is 10.9. The van der Waals surface area contributed by atoms with Crippen molar-refractivity contribution >= 4 is 170 Å². The average Bonchev–Trinajstić information content (AvgIpc) is 1.80. The number of carbonyl (C=O) groups is 2. The third-order valence-corrected chi connectivity index (χ3v) is 14.8. The van der Waals surface area contributed by atoms with Gasteiger partial charge in [0.2, 0.25) is 0 Å². The second-order valence-electron chi connectivity index (χ2n) is 22.1. The zero-order chi connectivity index (χ0) is 67.8. The molecule has 9 N–H and O–H groups in total. The molecule has 0 bridgehead atoms. The number of isothiocyanates is 1. The number of anilines is 3. The van der Waals surface area contributed by atoms with Crippen LogP contribution in [-0.2, 0) is 26.2 Å². The Kier molecular flexibility index (Phi) is 32.9. The molecule has 10 aromatic rings. The second kappa shape index (κ2) is 40.3. The number of likely N-dealkylation sites (N-methyl/N-ethyl adjacent to an activating group) is 4. The number of alkyl halides is 1. The Bertz CT molecular complexity index is 4040. The number of thiocarbonyl (C=S) groups is 3. The predicted molar refractivity (Wildman–Crippen MR) is 417 cm³/mol. The van der Waals surface area contributed by atoms with Gasteiger partial charge in [0.15, 0.2) is 15.4 Å². The monoisotopic (exact) mass is 1440 g/mol. The Balaban J connectivity index is 0.000000213. The van der Waals surface area contributed by atoms with E-state index in [1.165, 1.54) is 42.5 Å². The topological polar surface area (TPSA) is 206 Å². The van der Waals surface area contributed by atoms with Crippen LogP contribution in [0.5, 0.6) is 0 Å². The van der Waals surface area contributed by atoms with E-state index >= 15 is 0 Å². The van der Waals surface area contributed by atoms with E-state index in [1.54, 1.807) is 48.2 Å². The van der Waals surface area contributed by atoms with E-state index in [0.717, 1.165) is 86.4 Å². The second-order valence-corrected chi connectivity index (χ2v) is 26.0. The molecule has 4 aromatic heterocycles. The molecule has 0 atom stereocenters. The molecule has 0 radical (unpaired) electrons. The summed E-state index contributed by atoms with van der Waals surface area (Å²) in [5.74, 6) is 0.371. The Morgan fingerprint density at radius 3 is 1.33 bits per heavy atom. The van der Waals surface area contributed by atoms with Gasteiger partial charge in [0.1, 0.15) is 0 Å². The van der Waals surface area contributed by atoms with Gasteiger partial charge in [-0.25, -0.2) is 4.99 Å². The highest BCUT2D eigenvalue weighted by Crippen LogP contribution is 2.25. The van der Waals surface area contributed by atoms with Crippen LogP contribution in [0.1, 0.15) is 34.6 Å². The molecule has 6 aromatic carbocycles. The maximum Gasteiger partial charge on any atom is 0.285 e. The van der Waals surface area contributed by atoms with Crippen molar-refractivity contribution in [2.24, 2.45) is 21.5 Å². The highest BCUT2D eigenvalue weighted by Gasteiger charge is 2.11. The number of amides is 2. The third-order valence-electron chi connectivity index (χ3n) is 13.7. The van der Waals surface area contributed by atoms with E-state index in [2.05, 4.69) is 248 Å². The van der Waals surface area contributed by atoms with E-state index in [1.807, 2.05) is 71.9 Å². The summed E-state index contributed by atoms with van der Waals surface area (Å²) in [4.78, 5) is 39.6. The number of benzene rings is 6. The predicted octanol–water partition coefficient (Wildman–Crippen LogP) is 13.2. The largest absolute Gasteiger partial charge is 0.399 e. The molecule has 492 valence electrons. The zero-order valence-corrected chi connectivity index (χ0v) is 60.3. The fourth-order valence-electron chi connectivity index (χ4n) is 9.04. The molecule has 93 heavy (non-hydrogen) atoms. The number of aromatic nitrogens is 4. The minimum Gasteiger partial charge on any atom is -0.399 e. The summed E-state index contributed by atoms with van der Waals surface area (Å²) < 4.78 is 10.2. The van der Waals surface area contributed by atoms with Gasteiger partial charge in [-0.05, 0) is 222 Å². The van der Waals surface area contributed by atoms with Gasteiger partial charge in [-0.1, -0.05) is 109 Å². The number of aliphatic imine (C=N–C) groups is 2. The molecule has 18 nitrogen and oxygen atoms in total. The maximum atomic E-state index is 12.2. The van der Waals surface area contributed by atoms with Crippen LogP contribution in [0, 0.1) is 0 Å². The molecule has 0 aliphatic carbocycles. The van der Waals surface area contributed by atoms with E-state index in [9.17, 15) is 9.59 Å². The number of halogens is 1. The average molecular weight is 1440 g/mol. The number of hydrogen-bond acceptors (Lipinski definition) is 12. The van der Waals surface area contributed by atoms with Gasteiger partial charge in [0.25, 0.3) is 11.8 Å². The van der Waals surface area contributed by atoms with E-state index in [0.29, 0.717) is 21.4 Å². The summed E-state index contributed by atoms with van der Waals surface area (Å²) in [6, 6.07) is 50.7. The van der Waals surface area contributed by atoms with Crippen molar-refractivity contribution in [1.29, 1.82) is 0 Å². The minimum atomic E-state index is -0.347. The van der Waals surface area contributed by atoms with E-state index in [4.69, 9.17) is 41.6 Å². The first-order valence-electron chi connectivity index (χ1n) is 30.3. The summed E-state index contributed by atoms with van der Waals surface area (Å²) in [6.45, 7) is 12.1. The summed E-state index contributed by atoms with van der Waals surface area (Å²) in [7, 11) is 16.6. The van der Waals surface area contributed by atoms with Crippen LogP contribution >= 0.6 is 71.0 Å². The van der Waals surface area contributed by atoms with Crippen LogP contribution in [0.2, 0.25) is 0 Å². The number of nitrogens with two attached hydrogens (primary N) is 3. The summed E-state index contributed by atoms with van der Waals surface area (Å²) in [5.41, 5.74) is 26.5. The van der Waals surface area contributed by atoms with Gasteiger partial charge in [0.05, 0.1) is 32.9 Å². The Hall–Kier alpha value is -7.81. The molecular weight excluding hydrogens is 1350 g/mol. The van der Waals surface area contributed by atoms with Crippen LogP contribution < -0.4 is 33.2 Å². The van der Waals surface area contributed by atoms with Gasteiger partial charge < -0.3 is 65.7 Å². The molecule has 0 aliphatic rings. The summed E-state index contributed by atoms with van der Waals surface area (Å²) in [5, 5.41) is 16.9. The van der Waals surface area contributed by atoms with Crippen molar-refractivity contribution in [1.82, 2.24) is 43.2 Å². The lowest BCUT2D eigenvalue weighted by Crippen LogP contribution is -2.34. The van der Waals surface area contributed by atoms with Crippen molar-refractivity contribution in [2.45, 2.75) is 40.0 Å². The van der Waals surface area contributed by atoms with Gasteiger partial charge in [-0.15, -0.1) is 0 Å². The molecule has 0 spiro atoms. The van der Waals surface area contributed by atoms with Crippen molar-refractivity contribution in [2.75, 3.05) is 109 Å². The van der Waals surface area contributed by atoms with Crippen molar-refractivity contribution in [3.8, 4) is 0 Å². The highest BCUT2D eigenvalue weighted by molar-refractivity contribution is 14.1. The van der Waals surface area contributed by atoms with Gasteiger partial charge >= 0.3 is 0 Å². The molecular formula is C70H89IN16O2S4. The Labute approximate surface area is 582 Å². The van der Waals surface area contributed by atoms with Crippen molar-refractivity contribution in [3.05, 3.63) is 194 Å². The van der Waals surface area contributed by atoms with E-state index in [-0.39, 0.29) is 16.9 Å². The number of thioether (sulfide) groups is 1. The highest BCUT2D eigenvalue weighted by atomic mass is 127. The van der Waals surface area contributed by atoms with Crippen LogP contribution in [0.15, 0.2) is 192 Å². The quantitative estimate of drug-likeness (QED) is 0.0118. The first kappa shape index (κ1) is 75.9. The van der Waals surface area contributed by atoms with Crippen molar-refractivity contribution in [3.63, 3.8) is 0 Å². The van der Waals surface area contributed by atoms with Crippen LogP contribution in [0.4, 0.5) is 22.7 Å². The fourth-order valence-corrected chi connectivity index (χ4v) is 9.92. The number of nitrogen functional groups attached to an aromatic ring is 1. The van der Waals surface area contributed by atoms with Crippen molar-refractivity contribution < 1.29 is 9.59 Å². The number of hydrogen-bond donors (Lipinski definition) is 6. The molecule has 10 rings (SSSR count). The fraction of sp³-hybridized carbons (Fsp3) is 0.286. The molecule has 0 fully saturated rings. The van der Waals surface area contributed by atoms with Crippen LogP contribution in [0.25, 0.3) is 43.6 Å². The lowest BCUT2D eigenvalue weighted by atomic mass is 10.2. The lowest BCUT2D eigenvalue weighted by Gasteiger charge is -2.13. The van der Waals surface area contributed by atoms with Crippen LogP contribution in [0.3, 0.4) is 0 Å². The standard InChI is InChI=1S/C20H22N4OS.C15H22N4S.C13H18N4S.C12H17N3.C8H5NOS.C2H5I/c1-23(2)12-13-24-11-10-15-8-9-17(14-18(15)24)21-20(26)22-19(25)16-6-4-3-5-7-16;1-4-20-15(16)17-13-6-5-12-7-8-19(14(12)11-13)10-9-18(2)3;1-16(2)7-8-17-6-5-10-3-4-11(9-12(10)17)15-13(14)18;1-14(2)7-8-15-6-5-10-3-4-11(13)9-12(10)15;10-8(9-6-11)7-4-2-1-3-5-7;1-2-3/h3-11,14H,12-13H2,1-2H3,(H2,21,22,25,26);5-8,11H,4,9-10H2,1-3H3,(H2,16,17);3-6,9H,7-8H2,1-2H3,(H3,14,15,18);3-6,9H,7-8,13H2,1-2H3;1-5H;2H2,1H3. The first-order chi connectivity index (χ1) is 44.6. The van der Waals surface area contributed by atoms with Gasteiger partial charge in [-0.2, -0.15) is 4.99 Å². The first-order valence-corrected chi connectivity index (χ1v) is 34.0. The summed E-state index contributed by atoms with van der Waals surface area (Å²) in [6.07, 6.45) is 8.45. The molecule has 23 heteroatoms. The molecule has 0 unspecified atom stereocenters. The Morgan fingerprint density at radius 1 is 0.538 bits per heavy atom. The number of nitrogens with zero attached hydrogens (tertiary/aromatic N) is 10. The molecule has 4 heterocycles. The summed E-state index contributed by atoms with van der Waals surface area (Å²) >= 11 is 18.3. The van der Waals surface area contributed by atoms with Gasteiger partial charge in [0, 0.05) is 105 Å². The number of rotatable bonds is 18. The zero-order valence-electron chi connectivity index (χ0n) is 54.9. The maximum absolute atomic E-state index is 12.2. The van der Waals surface area contributed by atoms with Crippen LogP contribution in [-0.4, -0.2) is 163 Å². The number of nitrogens with one attached hydrogen (secondary N) is 3. The molecule has 0 saturated heterocycles. The third kappa shape index (κ3) is 26.6. The number of carbonyl (C=O) groups excluding carboxylic acids is 2. The smallest absolute Gasteiger partial charge is 0.285 e. The SMILES string of the molecule is CCI.CCSC(N)=Nc1ccc2ccn(CCN(C)C)c2c1.CN(C)CCn1ccc2ccc(N)cc21.CN(C)CCn1ccc2ccc(NC(=S)NC(=O)c3ccccc3)cc21.CN(C)CCn1ccc2ccc(NC(N)=S)cc21.O=C(N=C=S)c1ccccc1. The Morgan fingerprint density at radius 2 is 0.925 bits per heavy atom. The lowest BCUT2D eigenvalue weighted by molar-refractivity contribution is 0.0975. The minimum absolute atomic E-state index is 0.224. The van der Waals surface area contributed by atoms with Gasteiger partial charge in [-0.3, -0.25) is 14.9 Å². The van der Waals surface area contributed by atoms with E-state index < -0.39 is 0 Å². The molecule has 0 aliphatic heterocycles.